The van der Waals surface area contributed by atoms with Crippen molar-refractivity contribution in [2.24, 2.45) is 0 Å². The zero-order valence-corrected chi connectivity index (χ0v) is 7.60. The quantitative estimate of drug-likeness (QED) is 0.668. The lowest BCUT2D eigenvalue weighted by Crippen LogP contribution is -1.85. The summed E-state index contributed by atoms with van der Waals surface area (Å²) in [5.41, 5.74) is 1.77. The average Bonchev–Trinajstić information content (AvgIpc) is 2.15. The first-order valence-corrected chi connectivity index (χ1v) is 4.66. The largest absolute Gasteiger partial charge is 0.311 e. The lowest BCUT2D eigenvalue weighted by Gasteiger charge is -1.98. The molecule has 0 unspecified atom stereocenters. The van der Waals surface area contributed by atoms with Gasteiger partial charge < -0.3 is 4.18 Å². The highest BCUT2D eigenvalue weighted by Gasteiger charge is 1.92. The van der Waals surface area contributed by atoms with E-state index in [1.54, 1.807) is 12.1 Å². The Kier molecular flexibility index (Phi) is 3.65. The molecule has 0 spiro atoms. The molecule has 0 heterocycles. The smallest absolute Gasteiger partial charge is 0.0991 e. The Morgan fingerprint density at radius 1 is 1.42 bits per heavy atom. The molecule has 0 bridgehead atoms. The van der Waals surface area contributed by atoms with Crippen LogP contribution in [0.2, 0.25) is 0 Å². The van der Waals surface area contributed by atoms with Crippen LogP contribution in [0.4, 0.5) is 0 Å². The normalized spacial score (nSPS) is 9.33. The Morgan fingerprint density at radius 3 is 2.58 bits per heavy atom. The first-order chi connectivity index (χ1) is 5.86. The Balaban J connectivity index is 2.60. The van der Waals surface area contributed by atoms with Crippen molar-refractivity contribution in [1.29, 1.82) is 5.26 Å². The van der Waals surface area contributed by atoms with Crippen LogP contribution in [0, 0.1) is 11.3 Å². The zero-order valence-electron chi connectivity index (χ0n) is 6.78. The third-order valence-electron chi connectivity index (χ3n) is 1.43. The van der Waals surface area contributed by atoms with Crippen LogP contribution in [0.5, 0.6) is 0 Å². The van der Waals surface area contributed by atoms with E-state index in [0.29, 0.717) is 12.2 Å². The fourth-order valence-corrected chi connectivity index (χ4v) is 1.06. The van der Waals surface area contributed by atoms with Gasteiger partial charge in [-0.25, -0.2) is 0 Å². The van der Waals surface area contributed by atoms with Crippen LogP contribution in [0.1, 0.15) is 11.1 Å². The van der Waals surface area contributed by atoms with E-state index in [4.69, 9.17) is 9.44 Å². The second kappa shape index (κ2) is 4.81. The fourth-order valence-electron chi connectivity index (χ4n) is 0.802. The molecule has 3 heteroatoms. The Bertz CT molecular complexity index is 276. The van der Waals surface area contributed by atoms with E-state index in [9.17, 15) is 0 Å². The lowest BCUT2D eigenvalue weighted by atomic mass is 10.2. The van der Waals surface area contributed by atoms with Crippen molar-refractivity contribution in [3.63, 3.8) is 0 Å². The number of hydrogen-bond acceptors (Lipinski definition) is 3. The summed E-state index contributed by atoms with van der Waals surface area (Å²) >= 11 is 1.34. The lowest BCUT2D eigenvalue weighted by molar-refractivity contribution is 0.366. The standard InChI is InChI=1S/C9H9NOS/c1-12-11-7-9-4-2-8(6-10)3-5-9/h2-5H,7H2,1H3. The molecule has 0 atom stereocenters. The van der Waals surface area contributed by atoms with Gasteiger partial charge in [0.2, 0.25) is 0 Å². The van der Waals surface area contributed by atoms with Crippen LogP contribution >= 0.6 is 12.0 Å². The van der Waals surface area contributed by atoms with Crippen LogP contribution in [-0.2, 0) is 10.8 Å². The second-order valence-electron chi connectivity index (χ2n) is 2.24. The van der Waals surface area contributed by atoms with Gasteiger partial charge in [-0.05, 0) is 29.7 Å². The Labute approximate surface area is 76.4 Å². The van der Waals surface area contributed by atoms with Crippen molar-refractivity contribution >= 4 is 12.0 Å². The number of rotatable bonds is 3. The number of hydrogen-bond donors (Lipinski definition) is 0. The summed E-state index contributed by atoms with van der Waals surface area (Å²) in [7, 11) is 0. The van der Waals surface area contributed by atoms with Gasteiger partial charge in [0.25, 0.3) is 0 Å². The number of nitrogens with zero attached hydrogens (tertiary/aromatic N) is 1. The van der Waals surface area contributed by atoms with Gasteiger partial charge in [0.15, 0.2) is 0 Å². The first-order valence-electron chi connectivity index (χ1n) is 3.51. The summed E-state index contributed by atoms with van der Waals surface area (Å²) in [6, 6.07) is 9.44. The summed E-state index contributed by atoms with van der Waals surface area (Å²) < 4.78 is 5.13. The molecule has 0 fully saturated rings. The predicted octanol–water partition coefficient (Wildman–Crippen LogP) is 2.35. The summed E-state index contributed by atoms with van der Waals surface area (Å²) in [6.45, 7) is 0.590. The minimum Gasteiger partial charge on any atom is -0.311 e. The molecule has 0 aromatic heterocycles. The van der Waals surface area contributed by atoms with E-state index < -0.39 is 0 Å². The van der Waals surface area contributed by atoms with Gasteiger partial charge in [-0.1, -0.05) is 12.1 Å². The first kappa shape index (κ1) is 9.11. The molecular formula is C9H9NOS. The van der Waals surface area contributed by atoms with E-state index >= 15 is 0 Å². The van der Waals surface area contributed by atoms with Gasteiger partial charge in [0, 0.05) is 6.26 Å². The van der Waals surface area contributed by atoms with Crippen molar-refractivity contribution < 1.29 is 4.18 Å². The highest BCUT2D eigenvalue weighted by molar-refractivity contribution is 7.93. The van der Waals surface area contributed by atoms with Crippen LogP contribution in [0.15, 0.2) is 24.3 Å². The summed E-state index contributed by atoms with van der Waals surface area (Å²) in [5, 5.41) is 8.52. The van der Waals surface area contributed by atoms with Crippen LogP contribution < -0.4 is 0 Å². The Hall–Kier alpha value is -0.980. The maximum absolute atomic E-state index is 8.52. The molecule has 0 radical (unpaired) electrons. The van der Waals surface area contributed by atoms with Gasteiger partial charge >= 0.3 is 0 Å². The minimum absolute atomic E-state index is 0.590. The molecule has 1 rings (SSSR count). The third kappa shape index (κ3) is 2.57. The molecule has 0 saturated heterocycles. The van der Waals surface area contributed by atoms with Crippen molar-refractivity contribution in [2.75, 3.05) is 6.26 Å². The highest BCUT2D eigenvalue weighted by atomic mass is 32.2. The molecule has 12 heavy (non-hydrogen) atoms. The molecule has 0 N–H and O–H groups in total. The molecule has 0 aliphatic carbocycles. The monoisotopic (exact) mass is 179 g/mol. The van der Waals surface area contributed by atoms with E-state index in [0.717, 1.165) is 5.56 Å². The summed E-state index contributed by atoms with van der Waals surface area (Å²) in [4.78, 5) is 0. The SMILES string of the molecule is CSOCc1ccc(C#N)cc1. The Morgan fingerprint density at radius 2 is 2.08 bits per heavy atom. The number of benzene rings is 1. The minimum atomic E-state index is 0.590. The van der Waals surface area contributed by atoms with E-state index in [1.807, 2.05) is 18.4 Å². The van der Waals surface area contributed by atoms with Crippen molar-refractivity contribution in [3.05, 3.63) is 35.4 Å². The number of nitriles is 1. The predicted molar refractivity (Wildman–Crippen MR) is 49.5 cm³/mol. The van der Waals surface area contributed by atoms with Crippen molar-refractivity contribution in [2.45, 2.75) is 6.61 Å². The van der Waals surface area contributed by atoms with E-state index in [2.05, 4.69) is 6.07 Å². The highest BCUT2D eigenvalue weighted by Crippen LogP contribution is 2.07. The molecule has 0 amide bonds. The third-order valence-corrected chi connectivity index (χ3v) is 1.78. The van der Waals surface area contributed by atoms with Crippen LogP contribution in [-0.4, -0.2) is 6.26 Å². The van der Waals surface area contributed by atoms with Crippen molar-refractivity contribution in [3.8, 4) is 6.07 Å². The van der Waals surface area contributed by atoms with E-state index in [1.165, 1.54) is 12.0 Å². The molecule has 1 aromatic rings. The second-order valence-corrected chi connectivity index (χ2v) is 2.81. The van der Waals surface area contributed by atoms with Crippen LogP contribution in [0.25, 0.3) is 0 Å². The van der Waals surface area contributed by atoms with Gasteiger partial charge in [-0.2, -0.15) is 5.26 Å². The fraction of sp³-hybridized carbons (Fsp3) is 0.222. The molecule has 1 aromatic carbocycles. The molecule has 62 valence electrons. The van der Waals surface area contributed by atoms with Gasteiger partial charge in [-0.15, -0.1) is 0 Å². The van der Waals surface area contributed by atoms with Gasteiger partial charge in [-0.3, -0.25) is 0 Å². The molecular weight excluding hydrogens is 170 g/mol. The van der Waals surface area contributed by atoms with E-state index in [-0.39, 0.29) is 0 Å². The van der Waals surface area contributed by atoms with Crippen molar-refractivity contribution in [1.82, 2.24) is 0 Å². The summed E-state index contributed by atoms with van der Waals surface area (Å²) in [6.07, 6.45) is 1.88. The molecule has 2 nitrogen and oxygen atoms in total. The maximum Gasteiger partial charge on any atom is 0.0991 e. The van der Waals surface area contributed by atoms with Crippen LogP contribution in [0.3, 0.4) is 0 Å². The average molecular weight is 179 g/mol. The van der Waals surface area contributed by atoms with Gasteiger partial charge in [0.05, 0.1) is 18.2 Å². The molecule has 0 aliphatic heterocycles. The zero-order chi connectivity index (χ0) is 8.81. The topological polar surface area (TPSA) is 33.0 Å². The molecule has 0 saturated carbocycles. The van der Waals surface area contributed by atoms with Gasteiger partial charge in [0.1, 0.15) is 0 Å². The summed E-state index contributed by atoms with van der Waals surface area (Å²) in [5.74, 6) is 0. The molecule has 0 aliphatic rings. The maximum atomic E-state index is 8.52.